The Hall–Kier alpha value is -4.05. The number of carbonyl (C=O) groups is 5. The van der Waals surface area contributed by atoms with E-state index in [1.54, 1.807) is 30.3 Å². The Labute approximate surface area is 205 Å². The highest BCUT2D eigenvalue weighted by Crippen LogP contribution is 2.49. The van der Waals surface area contributed by atoms with Gasteiger partial charge in [-0.2, -0.15) is 0 Å². The van der Waals surface area contributed by atoms with Crippen molar-refractivity contribution in [3.8, 4) is 0 Å². The first-order valence-corrected chi connectivity index (χ1v) is 11.0. The molecule has 2 N–H and O–H groups in total. The molecule has 2 heterocycles. The lowest BCUT2D eigenvalue weighted by Gasteiger charge is -2.27. The predicted octanol–water partition coefficient (Wildman–Crippen LogP) is 2.13. The summed E-state index contributed by atoms with van der Waals surface area (Å²) in [5, 5.41) is 18.0. The number of nitrogens with zero attached hydrogens (tertiary/aromatic N) is 3. The number of hydrogen-bond donors (Lipinski definition) is 2. The van der Waals surface area contributed by atoms with E-state index in [4.69, 9.17) is 17.0 Å². The third-order valence-electron chi connectivity index (χ3n) is 6.35. The maximum atomic E-state index is 13.8. The van der Waals surface area contributed by atoms with Crippen molar-refractivity contribution in [3.05, 3.63) is 64.7 Å². The monoisotopic (exact) mass is 496 g/mol. The van der Waals surface area contributed by atoms with Crippen LogP contribution in [0.15, 0.2) is 48.5 Å². The Morgan fingerprint density at radius 2 is 1.69 bits per heavy atom. The summed E-state index contributed by atoms with van der Waals surface area (Å²) in [6.45, 7) is 0.0885. The number of imide groups is 1. The van der Waals surface area contributed by atoms with Crippen molar-refractivity contribution in [2.45, 2.75) is 12.5 Å². The van der Waals surface area contributed by atoms with E-state index in [9.17, 15) is 29.1 Å². The highest BCUT2D eigenvalue weighted by Gasteiger charge is 2.67. The maximum absolute atomic E-state index is 13.8. The Balaban J connectivity index is 1.78. The third kappa shape index (κ3) is 3.57. The van der Waals surface area contributed by atoms with Crippen LogP contribution in [0.3, 0.4) is 0 Å². The van der Waals surface area contributed by atoms with E-state index in [2.05, 4.69) is 0 Å². The second-order valence-electron chi connectivity index (χ2n) is 8.36. The van der Waals surface area contributed by atoms with Gasteiger partial charge in [-0.05, 0) is 30.7 Å². The number of likely N-dealkylation sites (N-methyl/N-ethyl adjacent to an activating group) is 1. The number of carbonyl (C=O) groups excluding carboxylic acids is 4. The van der Waals surface area contributed by atoms with Crippen molar-refractivity contribution in [2.24, 2.45) is 5.92 Å². The van der Waals surface area contributed by atoms with E-state index >= 15 is 0 Å². The van der Waals surface area contributed by atoms with Crippen LogP contribution in [0.25, 0.3) is 0 Å². The van der Waals surface area contributed by atoms with Crippen LogP contribution in [0.5, 0.6) is 0 Å². The minimum absolute atomic E-state index is 0.0731. The Kier molecular flexibility index (Phi) is 5.93. The predicted molar refractivity (Wildman–Crippen MR) is 125 cm³/mol. The van der Waals surface area contributed by atoms with Crippen LogP contribution in [-0.4, -0.2) is 70.4 Å². The number of anilines is 1. The number of Topliss-reactive ketones (excluding diaryl/α,β-unsaturated/α-hetero) is 1. The van der Waals surface area contributed by atoms with Crippen molar-refractivity contribution in [1.82, 2.24) is 9.80 Å². The van der Waals surface area contributed by atoms with Gasteiger partial charge in [-0.15, -0.1) is 0 Å². The second kappa shape index (κ2) is 8.62. The molecule has 180 valence electrons. The summed E-state index contributed by atoms with van der Waals surface area (Å²) in [6, 6.07) is 11.8. The average Bonchev–Trinajstić information content (AvgIpc) is 3.16. The van der Waals surface area contributed by atoms with Crippen molar-refractivity contribution in [3.63, 3.8) is 0 Å². The molecule has 0 radical (unpaired) electrons. The first kappa shape index (κ1) is 24.1. The van der Waals surface area contributed by atoms with Gasteiger partial charge in [-0.3, -0.25) is 29.0 Å². The van der Waals surface area contributed by atoms with Crippen molar-refractivity contribution in [2.75, 3.05) is 25.0 Å². The fraction of sp³-hybridized carbons (Fsp3) is 0.250. The second-order valence-corrected chi connectivity index (χ2v) is 8.79. The molecule has 2 atom stereocenters. The Morgan fingerprint density at radius 3 is 2.29 bits per heavy atom. The number of rotatable bonds is 7. The van der Waals surface area contributed by atoms with Crippen LogP contribution < -0.4 is 4.90 Å². The lowest BCUT2D eigenvalue weighted by atomic mass is 9.89. The molecule has 4 amide bonds. The minimum Gasteiger partial charge on any atom is -0.480 e. The van der Waals surface area contributed by atoms with Gasteiger partial charge in [0.05, 0.1) is 17.3 Å². The molecule has 35 heavy (non-hydrogen) atoms. The summed E-state index contributed by atoms with van der Waals surface area (Å²) >= 11 is 6.14. The molecular formula is C24H21ClN4O6. The number of hydrogen-bond acceptors (Lipinski definition) is 6. The molecule has 1 spiro atoms. The molecule has 0 aliphatic carbocycles. The van der Waals surface area contributed by atoms with E-state index in [-0.39, 0.29) is 22.0 Å². The lowest BCUT2D eigenvalue weighted by Crippen LogP contribution is -2.53. The number of benzene rings is 2. The van der Waals surface area contributed by atoms with Gasteiger partial charge >= 0.3 is 12.0 Å². The van der Waals surface area contributed by atoms with Gasteiger partial charge in [0.1, 0.15) is 12.3 Å². The summed E-state index contributed by atoms with van der Waals surface area (Å²) in [4.78, 5) is 67.3. The minimum atomic E-state index is -2.16. The van der Waals surface area contributed by atoms with Crippen molar-refractivity contribution < 1.29 is 29.1 Å². The van der Waals surface area contributed by atoms with Gasteiger partial charge in [0.2, 0.25) is 5.54 Å². The molecule has 2 unspecified atom stereocenters. The summed E-state index contributed by atoms with van der Waals surface area (Å²) in [5.74, 6) is -4.70. The molecule has 2 aromatic carbocycles. The largest absolute Gasteiger partial charge is 0.480 e. The number of carboxylic acids is 1. The molecule has 10 nitrogen and oxygen atoms in total. The lowest BCUT2D eigenvalue weighted by molar-refractivity contribution is -0.143. The zero-order chi connectivity index (χ0) is 25.7. The van der Waals surface area contributed by atoms with Crippen LogP contribution in [0.4, 0.5) is 10.5 Å². The molecule has 0 saturated carbocycles. The fourth-order valence-corrected chi connectivity index (χ4v) is 4.78. The number of nitrogens with one attached hydrogen (secondary N) is 1. The number of fused-ring (bicyclic) bond motifs is 2. The Bertz CT molecular complexity index is 1300. The molecule has 1 fully saturated rings. The molecule has 0 bridgehead atoms. The van der Waals surface area contributed by atoms with Crippen LogP contribution in [0, 0.1) is 11.3 Å². The molecule has 2 aliphatic heterocycles. The number of ketones is 1. The van der Waals surface area contributed by atoms with E-state index < -0.39 is 54.1 Å². The standard InChI is InChI=1S/C24H21ClN4O6/c1-13(30)16(20(26)14-6-4-3-5-7-14)11-29-22(34)24(27(2)23(29)35)17-10-15(25)8-9-18(17)28(21(24)33)12-19(31)32/h3-10,16,26H,11-12H2,1-2H3,(H,31,32). The van der Waals surface area contributed by atoms with Gasteiger partial charge in [0.15, 0.2) is 0 Å². The third-order valence-corrected chi connectivity index (χ3v) is 6.59. The maximum Gasteiger partial charge on any atom is 0.328 e. The van der Waals surface area contributed by atoms with Crippen LogP contribution in [-0.2, 0) is 24.7 Å². The normalized spacial score (nSPS) is 20.0. The first-order valence-electron chi connectivity index (χ1n) is 10.6. The SMILES string of the molecule is CC(=O)C(CN1C(=O)N(C)C2(C1=O)C(=O)N(CC(=O)O)c1ccc(Cl)cc12)C(=N)c1ccccc1. The van der Waals surface area contributed by atoms with Gasteiger partial charge in [-0.1, -0.05) is 41.9 Å². The quantitative estimate of drug-likeness (QED) is 0.342. The number of amides is 4. The molecule has 2 aromatic rings. The first-order chi connectivity index (χ1) is 16.5. The van der Waals surface area contributed by atoms with E-state index in [0.29, 0.717) is 5.56 Å². The van der Waals surface area contributed by atoms with Gasteiger partial charge in [0.25, 0.3) is 11.8 Å². The van der Waals surface area contributed by atoms with Crippen LogP contribution in [0.1, 0.15) is 18.1 Å². The Morgan fingerprint density at radius 1 is 1.06 bits per heavy atom. The van der Waals surface area contributed by atoms with Gasteiger partial charge in [0, 0.05) is 24.2 Å². The molecule has 0 aromatic heterocycles. The van der Waals surface area contributed by atoms with E-state index in [1.165, 1.54) is 32.2 Å². The van der Waals surface area contributed by atoms with E-state index in [0.717, 1.165) is 14.7 Å². The summed E-state index contributed by atoms with van der Waals surface area (Å²) in [5.41, 5.74) is -1.55. The number of aliphatic carboxylic acids is 1. The molecular weight excluding hydrogens is 476 g/mol. The van der Waals surface area contributed by atoms with Crippen molar-refractivity contribution in [1.29, 1.82) is 5.41 Å². The molecule has 11 heteroatoms. The number of halogens is 1. The zero-order valence-corrected chi connectivity index (χ0v) is 19.6. The summed E-state index contributed by atoms with van der Waals surface area (Å²) < 4.78 is 0. The van der Waals surface area contributed by atoms with Gasteiger partial charge in [-0.25, -0.2) is 4.79 Å². The number of carboxylic acid groups (broad SMARTS) is 1. The number of urea groups is 1. The molecule has 1 saturated heterocycles. The summed E-state index contributed by atoms with van der Waals surface area (Å²) in [7, 11) is 1.26. The topological polar surface area (TPSA) is 139 Å². The molecule has 4 rings (SSSR count). The van der Waals surface area contributed by atoms with Crippen LogP contribution in [0.2, 0.25) is 5.02 Å². The highest BCUT2D eigenvalue weighted by atomic mass is 35.5. The smallest absolute Gasteiger partial charge is 0.328 e. The molecule has 2 aliphatic rings. The van der Waals surface area contributed by atoms with Crippen LogP contribution >= 0.6 is 11.6 Å². The van der Waals surface area contributed by atoms with Gasteiger partial charge < -0.3 is 15.4 Å². The van der Waals surface area contributed by atoms with Crippen molar-refractivity contribution >= 4 is 52.6 Å². The fourth-order valence-electron chi connectivity index (χ4n) is 4.61. The highest BCUT2D eigenvalue weighted by molar-refractivity contribution is 6.32. The zero-order valence-electron chi connectivity index (χ0n) is 18.8. The van der Waals surface area contributed by atoms with E-state index in [1.807, 2.05) is 0 Å². The average molecular weight is 497 g/mol. The summed E-state index contributed by atoms with van der Waals surface area (Å²) in [6.07, 6.45) is 0.